The van der Waals surface area contributed by atoms with E-state index in [1.807, 2.05) is 24.3 Å². The molecule has 3 rings (SSSR count). The molecule has 2 bridgehead atoms. The van der Waals surface area contributed by atoms with Crippen molar-refractivity contribution >= 4 is 73.9 Å². The van der Waals surface area contributed by atoms with Gasteiger partial charge in [0, 0.05) is 10.4 Å². The van der Waals surface area contributed by atoms with Crippen LogP contribution < -0.4 is 0 Å². The van der Waals surface area contributed by atoms with Gasteiger partial charge in [-0.25, -0.2) is 0 Å². The van der Waals surface area contributed by atoms with Crippen molar-refractivity contribution in [2.24, 2.45) is 0 Å². The van der Waals surface area contributed by atoms with Crippen LogP contribution in [0.5, 0.6) is 0 Å². The smallest absolute Gasteiger partial charge is 0.169 e. The van der Waals surface area contributed by atoms with Crippen LogP contribution in [0.2, 0.25) is 0 Å². The van der Waals surface area contributed by atoms with Gasteiger partial charge >= 0.3 is 0 Å². The van der Waals surface area contributed by atoms with Gasteiger partial charge in [0.2, 0.25) is 0 Å². The Morgan fingerprint density at radius 2 is 1.71 bits per heavy atom. The number of methoxy groups -OCH3 is 1. The number of halogens is 6. The van der Waals surface area contributed by atoms with Gasteiger partial charge in [-0.05, 0) is 24.1 Å². The Hall–Kier alpha value is 0.690. The average Bonchev–Trinajstić information content (AvgIpc) is 2.65. The molecule has 1 aromatic carbocycles. The van der Waals surface area contributed by atoms with Crippen molar-refractivity contribution in [1.82, 2.24) is 0 Å². The van der Waals surface area contributed by atoms with Crippen LogP contribution in [-0.4, -0.2) is 21.2 Å². The SMILES string of the molecule is COC1=C(Cl)[C@]2(Cl)C[C@H](c3ccc(Br)cc3)[C@@]1(Cl)C2(Cl)Cl. The molecule has 0 amide bonds. The van der Waals surface area contributed by atoms with Crippen LogP contribution in [0.25, 0.3) is 0 Å². The van der Waals surface area contributed by atoms with Crippen molar-refractivity contribution in [2.75, 3.05) is 7.11 Å². The minimum absolute atomic E-state index is 0.197. The monoisotopic (exact) mass is 448 g/mol. The molecule has 1 aromatic rings. The number of hydrogen-bond acceptors (Lipinski definition) is 1. The molecule has 0 heterocycles. The third-order valence-corrected chi connectivity index (χ3v) is 8.37. The van der Waals surface area contributed by atoms with E-state index in [2.05, 4.69) is 15.9 Å². The van der Waals surface area contributed by atoms with E-state index >= 15 is 0 Å². The van der Waals surface area contributed by atoms with Crippen LogP contribution in [0, 0.1) is 0 Å². The second-order valence-electron chi connectivity index (χ2n) is 5.24. The first-order valence-corrected chi connectivity index (χ1v) is 8.84. The molecule has 0 radical (unpaired) electrons. The van der Waals surface area contributed by atoms with Crippen LogP contribution in [-0.2, 0) is 4.74 Å². The average molecular weight is 451 g/mol. The number of rotatable bonds is 2. The van der Waals surface area contributed by atoms with Crippen LogP contribution in [0.3, 0.4) is 0 Å². The first-order valence-electron chi connectivity index (χ1n) is 6.16. The van der Waals surface area contributed by atoms with Gasteiger partial charge < -0.3 is 4.74 Å². The van der Waals surface area contributed by atoms with Gasteiger partial charge in [0.25, 0.3) is 0 Å². The molecule has 3 atom stereocenters. The molecule has 7 heteroatoms. The Balaban J connectivity index is 2.18. The molecule has 1 nitrogen and oxygen atoms in total. The lowest BCUT2D eigenvalue weighted by atomic mass is 9.85. The molecule has 0 aromatic heterocycles. The highest BCUT2D eigenvalue weighted by Gasteiger charge is 2.79. The first kappa shape index (κ1) is 16.5. The largest absolute Gasteiger partial charge is 0.498 e. The highest BCUT2D eigenvalue weighted by atomic mass is 79.9. The highest BCUT2D eigenvalue weighted by molar-refractivity contribution is 9.10. The van der Waals surface area contributed by atoms with Gasteiger partial charge in [-0.2, -0.15) is 0 Å². The molecule has 0 spiro atoms. The Bertz CT molecular complexity index is 629. The molecular formula is C14H10BrCl5O. The summed E-state index contributed by atoms with van der Waals surface area (Å²) >= 11 is 36.3. The predicted octanol–water partition coefficient (Wildman–Crippen LogP) is 6.18. The zero-order valence-corrected chi connectivity index (χ0v) is 16.1. The van der Waals surface area contributed by atoms with Crippen LogP contribution in [0.4, 0.5) is 0 Å². The minimum atomic E-state index is -1.46. The van der Waals surface area contributed by atoms with Crippen molar-refractivity contribution in [3.8, 4) is 0 Å². The summed E-state index contributed by atoms with van der Waals surface area (Å²) < 4.78 is 4.91. The fraction of sp³-hybridized carbons (Fsp3) is 0.429. The summed E-state index contributed by atoms with van der Waals surface area (Å²) in [5.74, 6) is 0.155. The quantitative estimate of drug-likeness (QED) is 0.489. The van der Waals surface area contributed by atoms with E-state index in [0.29, 0.717) is 17.2 Å². The number of ether oxygens (including phenoxy) is 1. The molecule has 0 aliphatic heterocycles. The number of allylic oxidation sites excluding steroid dienone is 2. The molecule has 0 saturated heterocycles. The van der Waals surface area contributed by atoms with Crippen molar-refractivity contribution in [3.63, 3.8) is 0 Å². The molecule has 1 saturated carbocycles. The van der Waals surface area contributed by atoms with E-state index in [1.54, 1.807) is 0 Å². The number of fused-ring (bicyclic) bond motifs is 2. The second kappa shape index (κ2) is 5.09. The molecular weight excluding hydrogens is 441 g/mol. The van der Waals surface area contributed by atoms with Crippen molar-refractivity contribution < 1.29 is 4.74 Å². The van der Waals surface area contributed by atoms with E-state index in [9.17, 15) is 0 Å². The van der Waals surface area contributed by atoms with Gasteiger partial charge in [-0.15, -0.1) is 23.2 Å². The predicted molar refractivity (Wildman–Crippen MR) is 93.0 cm³/mol. The van der Waals surface area contributed by atoms with E-state index < -0.39 is 14.1 Å². The normalized spacial score (nSPS) is 37.2. The summed E-state index contributed by atoms with van der Waals surface area (Å²) in [5, 5.41) is 0.292. The maximum atomic E-state index is 6.85. The van der Waals surface area contributed by atoms with Crippen molar-refractivity contribution in [2.45, 2.75) is 26.4 Å². The Kier molecular flexibility index (Phi) is 4.01. The Morgan fingerprint density at radius 1 is 1.14 bits per heavy atom. The number of alkyl halides is 4. The van der Waals surface area contributed by atoms with Crippen molar-refractivity contribution in [3.05, 3.63) is 45.1 Å². The zero-order chi connectivity index (χ0) is 15.6. The topological polar surface area (TPSA) is 9.23 Å². The highest BCUT2D eigenvalue weighted by Crippen LogP contribution is 2.75. The first-order chi connectivity index (χ1) is 9.70. The molecule has 2 aliphatic rings. The second-order valence-corrected chi connectivity index (χ2v) is 9.11. The van der Waals surface area contributed by atoms with Gasteiger partial charge in [-0.3, -0.25) is 0 Å². The van der Waals surface area contributed by atoms with Gasteiger partial charge in [-0.1, -0.05) is 62.9 Å². The number of hydrogen-bond donors (Lipinski definition) is 0. The summed E-state index contributed by atoms with van der Waals surface area (Å²) in [6.45, 7) is 0. The molecule has 0 unspecified atom stereocenters. The van der Waals surface area contributed by atoms with Crippen LogP contribution >= 0.6 is 73.9 Å². The molecule has 1 fully saturated rings. The number of benzene rings is 1. The lowest BCUT2D eigenvalue weighted by molar-refractivity contribution is 0.245. The lowest BCUT2D eigenvalue weighted by Gasteiger charge is -2.35. The molecule has 114 valence electrons. The fourth-order valence-electron chi connectivity index (χ4n) is 3.21. The van der Waals surface area contributed by atoms with Crippen molar-refractivity contribution in [1.29, 1.82) is 0 Å². The maximum Gasteiger partial charge on any atom is 0.169 e. The van der Waals surface area contributed by atoms with Crippen LogP contribution in [0.1, 0.15) is 17.9 Å². The van der Waals surface area contributed by atoms with E-state index in [-0.39, 0.29) is 5.92 Å². The third kappa shape index (κ3) is 1.90. The summed E-state index contributed by atoms with van der Waals surface area (Å²) in [6, 6.07) is 7.80. The summed E-state index contributed by atoms with van der Waals surface area (Å²) in [7, 11) is 1.49. The van der Waals surface area contributed by atoms with Crippen LogP contribution in [0.15, 0.2) is 39.5 Å². The standard InChI is InChI=1S/C14H10BrCl5O/c1-21-11-10(16)12(17)6-9(13(11,18)14(12,19)20)7-2-4-8(15)5-3-7/h2-5,9H,6H2,1H3/t9-,12-,13+/m1/s1. The fourth-order valence-corrected chi connectivity index (χ4v) is 5.81. The lowest BCUT2D eigenvalue weighted by Crippen LogP contribution is -2.44. The summed E-state index contributed by atoms with van der Waals surface area (Å²) in [5.41, 5.74) is 0.986. The summed E-state index contributed by atoms with van der Waals surface area (Å²) in [6.07, 6.45) is 0.443. The van der Waals surface area contributed by atoms with E-state index in [1.165, 1.54) is 7.11 Å². The zero-order valence-electron chi connectivity index (χ0n) is 10.8. The van der Waals surface area contributed by atoms with Gasteiger partial charge in [0.15, 0.2) is 4.33 Å². The van der Waals surface area contributed by atoms with E-state index in [0.717, 1.165) is 10.0 Å². The Morgan fingerprint density at radius 3 is 2.19 bits per heavy atom. The molecule has 2 aliphatic carbocycles. The summed E-state index contributed by atoms with van der Waals surface area (Å²) in [4.78, 5) is -2.35. The molecule has 0 N–H and O–H groups in total. The maximum absolute atomic E-state index is 6.85. The Labute approximate surface area is 156 Å². The minimum Gasteiger partial charge on any atom is -0.498 e. The van der Waals surface area contributed by atoms with E-state index in [4.69, 9.17) is 62.7 Å². The van der Waals surface area contributed by atoms with Gasteiger partial charge in [0.05, 0.1) is 12.1 Å². The van der Waals surface area contributed by atoms with Gasteiger partial charge in [0.1, 0.15) is 15.5 Å². The molecule has 21 heavy (non-hydrogen) atoms. The third-order valence-electron chi connectivity index (χ3n) is 4.27.